The first-order valence-corrected chi connectivity index (χ1v) is 4.73. The molecular weight excluding hydrogens is 198 g/mol. The van der Waals surface area contributed by atoms with Crippen LogP contribution in [0.4, 0.5) is 0 Å². The second-order valence-electron chi connectivity index (χ2n) is 3.39. The summed E-state index contributed by atoms with van der Waals surface area (Å²) in [6.45, 7) is 0.421. The lowest BCUT2D eigenvalue weighted by Crippen LogP contribution is -2.30. The molecule has 1 aliphatic rings. The molecule has 0 aliphatic carbocycles. The van der Waals surface area contributed by atoms with Gasteiger partial charge in [0.05, 0.1) is 6.20 Å². The van der Waals surface area contributed by atoms with Crippen LogP contribution in [0.25, 0.3) is 0 Å². The molecule has 1 aliphatic heterocycles. The molecule has 2 heterocycles. The van der Waals surface area contributed by atoms with Gasteiger partial charge in [0.25, 0.3) is 5.91 Å². The number of fused-ring (bicyclic) bond motifs is 1. The topological polar surface area (TPSA) is 84.2 Å². The molecule has 0 unspecified atom stereocenters. The molecule has 0 fully saturated rings. The minimum atomic E-state index is -1.05. The zero-order chi connectivity index (χ0) is 10.8. The molecule has 80 valence electrons. The Morgan fingerprint density at radius 1 is 1.60 bits per heavy atom. The van der Waals surface area contributed by atoms with Crippen LogP contribution in [0.1, 0.15) is 22.7 Å². The van der Waals surface area contributed by atoms with E-state index in [1.807, 2.05) is 4.57 Å². The molecule has 0 bridgehead atoms. The number of carboxylic acid groups (broad SMARTS) is 1. The summed E-state index contributed by atoms with van der Waals surface area (Å²) in [7, 11) is 0. The number of carboxylic acids is 1. The van der Waals surface area contributed by atoms with E-state index < -0.39 is 5.97 Å². The van der Waals surface area contributed by atoms with Gasteiger partial charge in [0.15, 0.2) is 0 Å². The van der Waals surface area contributed by atoms with Crippen molar-refractivity contribution in [2.45, 2.75) is 19.4 Å². The number of carbonyl (C=O) groups is 2. The lowest BCUT2D eigenvalue weighted by atomic mass is 10.3. The number of aromatic nitrogens is 2. The predicted octanol–water partition coefficient (Wildman–Crippen LogP) is -0.356. The molecule has 6 heteroatoms. The Hall–Kier alpha value is -1.85. The molecule has 15 heavy (non-hydrogen) atoms. The van der Waals surface area contributed by atoms with E-state index in [-0.39, 0.29) is 12.5 Å². The summed E-state index contributed by atoms with van der Waals surface area (Å²) in [6.07, 6.45) is 3.36. The van der Waals surface area contributed by atoms with Crippen molar-refractivity contribution in [3.05, 3.63) is 17.7 Å². The number of hydrogen-bond acceptors (Lipinski definition) is 3. The fourth-order valence-corrected chi connectivity index (χ4v) is 1.69. The number of nitrogens with zero attached hydrogens (tertiary/aromatic N) is 2. The Bertz CT molecular complexity index is 411. The average Bonchev–Trinajstić information content (AvgIpc) is 2.74. The van der Waals surface area contributed by atoms with E-state index >= 15 is 0 Å². The SMILES string of the molecule is O=C(O)CNC(=O)c1cnc2n1CCC2. The average molecular weight is 209 g/mol. The predicted molar refractivity (Wildman–Crippen MR) is 50.5 cm³/mol. The molecule has 1 aromatic rings. The van der Waals surface area contributed by atoms with E-state index in [0.717, 1.165) is 25.2 Å². The van der Waals surface area contributed by atoms with Crippen molar-refractivity contribution in [2.75, 3.05) is 6.54 Å². The van der Waals surface area contributed by atoms with Crippen LogP contribution in [-0.2, 0) is 17.8 Å². The largest absolute Gasteiger partial charge is 0.480 e. The normalized spacial score (nSPS) is 13.6. The Morgan fingerprint density at radius 2 is 2.40 bits per heavy atom. The zero-order valence-electron chi connectivity index (χ0n) is 8.06. The second-order valence-corrected chi connectivity index (χ2v) is 3.39. The van der Waals surface area contributed by atoms with Gasteiger partial charge in [-0.15, -0.1) is 0 Å². The first-order valence-electron chi connectivity index (χ1n) is 4.73. The molecule has 0 aromatic carbocycles. The summed E-state index contributed by atoms with van der Waals surface area (Å²) in [5, 5.41) is 10.7. The minimum Gasteiger partial charge on any atom is -0.480 e. The van der Waals surface area contributed by atoms with Gasteiger partial charge in [-0.2, -0.15) is 0 Å². The monoisotopic (exact) mass is 209 g/mol. The molecule has 0 spiro atoms. The molecule has 2 N–H and O–H groups in total. The number of hydrogen-bond donors (Lipinski definition) is 2. The second kappa shape index (κ2) is 3.72. The quantitative estimate of drug-likeness (QED) is 0.712. The Morgan fingerprint density at radius 3 is 3.13 bits per heavy atom. The molecule has 1 amide bonds. The van der Waals surface area contributed by atoms with Crippen LogP contribution < -0.4 is 5.32 Å². The maximum atomic E-state index is 11.5. The highest BCUT2D eigenvalue weighted by atomic mass is 16.4. The smallest absolute Gasteiger partial charge is 0.322 e. The van der Waals surface area contributed by atoms with Gasteiger partial charge in [-0.1, -0.05) is 0 Å². The van der Waals surface area contributed by atoms with Gasteiger partial charge >= 0.3 is 5.97 Å². The number of carbonyl (C=O) groups excluding carboxylic acids is 1. The highest BCUT2D eigenvalue weighted by Crippen LogP contribution is 2.15. The first-order chi connectivity index (χ1) is 7.18. The molecule has 0 saturated heterocycles. The summed E-state index contributed by atoms with van der Waals surface area (Å²) in [5.41, 5.74) is 0.448. The van der Waals surface area contributed by atoms with E-state index in [1.165, 1.54) is 6.20 Å². The summed E-state index contributed by atoms with van der Waals surface area (Å²) in [6, 6.07) is 0. The Kier molecular flexibility index (Phi) is 2.40. The van der Waals surface area contributed by atoms with Gasteiger partial charge < -0.3 is 15.0 Å². The Balaban J connectivity index is 2.09. The van der Waals surface area contributed by atoms with Crippen LogP contribution in [0.5, 0.6) is 0 Å². The van der Waals surface area contributed by atoms with Crippen LogP contribution >= 0.6 is 0 Å². The summed E-state index contributed by atoms with van der Waals surface area (Å²) < 4.78 is 1.83. The van der Waals surface area contributed by atoms with Crippen LogP contribution in [0, 0.1) is 0 Å². The molecule has 0 saturated carbocycles. The number of imidazole rings is 1. The van der Waals surface area contributed by atoms with Crippen molar-refractivity contribution in [3.8, 4) is 0 Å². The van der Waals surface area contributed by atoms with Crippen molar-refractivity contribution in [2.24, 2.45) is 0 Å². The van der Waals surface area contributed by atoms with E-state index in [9.17, 15) is 9.59 Å². The third-order valence-electron chi connectivity index (χ3n) is 2.35. The number of rotatable bonds is 3. The molecule has 1 aromatic heterocycles. The molecule has 0 radical (unpaired) electrons. The van der Waals surface area contributed by atoms with E-state index in [0.29, 0.717) is 5.69 Å². The van der Waals surface area contributed by atoms with Crippen molar-refractivity contribution in [1.82, 2.24) is 14.9 Å². The van der Waals surface area contributed by atoms with Crippen LogP contribution in [0.15, 0.2) is 6.20 Å². The van der Waals surface area contributed by atoms with E-state index in [2.05, 4.69) is 10.3 Å². The minimum absolute atomic E-state index is 0.362. The number of aryl methyl sites for hydroxylation is 1. The number of aliphatic carboxylic acids is 1. The summed E-state index contributed by atoms with van der Waals surface area (Å²) >= 11 is 0. The van der Waals surface area contributed by atoms with E-state index in [1.54, 1.807) is 0 Å². The molecular formula is C9H11N3O3. The van der Waals surface area contributed by atoms with Crippen LogP contribution in [0.2, 0.25) is 0 Å². The fraction of sp³-hybridized carbons (Fsp3) is 0.444. The van der Waals surface area contributed by atoms with Gasteiger partial charge in [-0.3, -0.25) is 9.59 Å². The molecule has 2 rings (SSSR count). The van der Waals surface area contributed by atoms with Gasteiger partial charge in [0.1, 0.15) is 18.1 Å². The van der Waals surface area contributed by atoms with Gasteiger partial charge in [-0.25, -0.2) is 4.98 Å². The third kappa shape index (κ3) is 1.83. The first kappa shape index (κ1) is 9.70. The van der Waals surface area contributed by atoms with Gasteiger partial charge in [0, 0.05) is 13.0 Å². The van der Waals surface area contributed by atoms with Crippen LogP contribution in [0.3, 0.4) is 0 Å². The number of amides is 1. The highest BCUT2D eigenvalue weighted by Gasteiger charge is 2.20. The third-order valence-corrected chi connectivity index (χ3v) is 2.35. The van der Waals surface area contributed by atoms with Gasteiger partial charge in [0.2, 0.25) is 0 Å². The van der Waals surface area contributed by atoms with E-state index in [4.69, 9.17) is 5.11 Å². The molecule has 6 nitrogen and oxygen atoms in total. The van der Waals surface area contributed by atoms with Crippen molar-refractivity contribution in [1.29, 1.82) is 0 Å². The van der Waals surface area contributed by atoms with Crippen LogP contribution in [-0.4, -0.2) is 33.1 Å². The summed E-state index contributed by atoms with van der Waals surface area (Å²) in [4.78, 5) is 25.9. The maximum absolute atomic E-state index is 11.5. The highest BCUT2D eigenvalue weighted by molar-refractivity contribution is 5.94. The summed E-state index contributed by atoms with van der Waals surface area (Å²) in [5.74, 6) is -0.530. The Labute approximate surface area is 85.9 Å². The maximum Gasteiger partial charge on any atom is 0.322 e. The standard InChI is InChI=1S/C9H11N3O3/c13-8(14)5-11-9(15)6-4-10-7-2-1-3-12(6)7/h4H,1-3,5H2,(H,11,15)(H,13,14). The van der Waals surface area contributed by atoms with Gasteiger partial charge in [-0.05, 0) is 6.42 Å². The van der Waals surface area contributed by atoms with Crippen molar-refractivity contribution in [3.63, 3.8) is 0 Å². The lowest BCUT2D eigenvalue weighted by molar-refractivity contribution is -0.135. The van der Waals surface area contributed by atoms with Crippen molar-refractivity contribution < 1.29 is 14.7 Å². The lowest BCUT2D eigenvalue weighted by Gasteiger charge is -2.04. The van der Waals surface area contributed by atoms with Crippen molar-refractivity contribution >= 4 is 11.9 Å². The zero-order valence-corrected chi connectivity index (χ0v) is 8.06. The fourth-order valence-electron chi connectivity index (χ4n) is 1.69. The molecule has 0 atom stereocenters. The number of nitrogens with one attached hydrogen (secondary N) is 1.